The molecule has 0 saturated carbocycles. The van der Waals surface area contributed by atoms with Gasteiger partial charge in [0.1, 0.15) is 6.04 Å². The SMILES string of the molecule is O=C(O)C(NC1CCCc2sc(Br)cc21)c1ccccc1. The predicted molar refractivity (Wildman–Crippen MR) is 87.7 cm³/mol. The average Bonchev–Trinajstić information content (AvgIpc) is 2.86. The molecule has 0 bridgehead atoms. The van der Waals surface area contributed by atoms with Gasteiger partial charge >= 0.3 is 5.97 Å². The number of carbonyl (C=O) groups is 1. The number of hydrogen-bond donors (Lipinski definition) is 2. The fourth-order valence-corrected chi connectivity index (χ4v) is 4.67. The second-order valence-electron chi connectivity index (χ2n) is 5.22. The first-order chi connectivity index (χ1) is 10.1. The average molecular weight is 366 g/mol. The maximum absolute atomic E-state index is 11.6. The van der Waals surface area contributed by atoms with Gasteiger partial charge in [0.2, 0.25) is 0 Å². The highest BCUT2D eigenvalue weighted by Crippen LogP contribution is 2.39. The Morgan fingerprint density at radius 1 is 1.38 bits per heavy atom. The van der Waals surface area contributed by atoms with Crippen LogP contribution in [-0.2, 0) is 11.2 Å². The van der Waals surface area contributed by atoms with Gasteiger partial charge in [0.25, 0.3) is 0 Å². The molecule has 1 aromatic carbocycles. The maximum atomic E-state index is 11.6. The number of nitrogens with one attached hydrogen (secondary N) is 1. The molecular weight excluding hydrogens is 350 g/mol. The molecule has 1 heterocycles. The van der Waals surface area contributed by atoms with Crippen molar-refractivity contribution in [2.45, 2.75) is 31.3 Å². The third-order valence-corrected chi connectivity index (χ3v) is 5.55. The van der Waals surface area contributed by atoms with Crippen LogP contribution in [0.2, 0.25) is 0 Å². The number of rotatable bonds is 4. The molecule has 110 valence electrons. The van der Waals surface area contributed by atoms with Gasteiger partial charge in [-0.1, -0.05) is 30.3 Å². The van der Waals surface area contributed by atoms with Crippen LogP contribution in [0.1, 0.15) is 40.9 Å². The van der Waals surface area contributed by atoms with Crippen LogP contribution in [0.5, 0.6) is 0 Å². The van der Waals surface area contributed by atoms with Crippen molar-refractivity contribution in [3.05, 3.63) is 56.2 Å². The number of halogens is 1. The number of carboxylic acid groups (broad SMARTS) is 1. The normalized spacial score (nSPS) is 19.0. The van der Waals surface area contributed by atoms with Crippen molar-refractivity contribution in [3.63, 3.8) is 0 Å². The monoisotopic (exact) mass is 365 g/mol. The Morgan fingerprint density at radius 2 is 2.14 bits per heavy atom. The maximum Gasteiger partial charge on any atom is 0.325 e. The number of carboxylic acids is 1. The van der Waals surface area contributed by atoms with Gasteiger partial charge in [0.05, 0.1) is 3.79 Å². The molecule has 2 unspecified atom stereocenters. The second kappa shape index (κ2) is 6.30. The lowest BCUT2D eigenvalue weighted by Crippen LogP contribution is -2.33. The molecular formula is C16H16BrNO2S. The van der Waals surface area contributed by atoms with Crippen LogP contribution >= 0.6 is 27.3 Å². The van der Waals surface area contributed by atoms with E-state index >= 15 is 0 Å². The van der Waals surface area contributed by atoms with Gasteiger partial charge in [-0.3, -0.25) is 10.1 Å². The van der Waals surface area contributed by atoms with E-state index in [4.69, 9.17) is 0 Å². The molecule has 0 radical (unpaired) electrons. The third-order valence-electron chi connectivity index (χ3n) is 3.83. The molecule has 2 atom stereocenters. The summed E-state index contributed by atoms with van der Waals surface area (Å²) in [6, 6.07) is 10.9. The lowest BCUT2D eigenvalue weighted by molar-refractivity contribution is -0.140. The predicted octanol–water partition coefficient (Wildman–Crippen LogP) is 4.30. The Labute approximate surface area is 136 Å². The van der Waals surface area contributed by atoms with Crippen molar-refractivity contribution in [1.82, 2.24) is 5.32 Å². The minimum absolute atomic E-state index is 0.109. The Balaban J connectivity index is 1.86. The first-order valence-corrected chi connectivity index (χ1v) is 8.58. The van der Waals surface area contributed by atoms with Gasteiger partial charge in [-0.25, -0.2) is 0 Å². The standard InChI is InChI=1S/C16H16BrNO2S/c17-14-9-11-12(7-4-8-13(11)21-14)18-15(16(19)20)10-5-2-1-3-6-10/h1-3,5-6,9,12,15,18H,4,7-8H2,(H,19,20). The van der Waals surface area contributed by atoms with Crippen LogP contribution < -0.4 is 5.32 Å². The van der Waals surface area contributed by atoms with Gasteiger partial charge in [-0.2, -0.15) is 0 Å². The van der Waals surface area contributed by atoms with Crippen LogP contribution in [0.25, 0.3) is 0 Å². The summed E-state index contributed by atoms with van der Waals surface area (Å²) in [5.41, 5.74) is 2.05. The van der Waals surface area contributed by atoms with Crippen molar-refractivity contribution in [1.29, 1.82) is 0 Å². The molecule has 2 N–H and O–H groups in total. The van der Waals surface area contributed by atoms with Crippen molar-refractivity contribution in [2.24, 2.45) is 0 Å². The Kier molecular flexibility index (Phi) is 4.42. The molecule has 3 nitrogen and oxygen atoms in total. The molecule has 0 saturated heterocycles. The molecule has 0 aliphatic heterocycles. The summed E-state index contributed by atoms with van der Waals surface area (Å²) in [5, 5.41) is 12.9. The van der Waals surface area contributed by atoms with Crippen molar-refractivity contribution >= 4 is 33.2 Å². The van der Waals surface area contributed by atoms with E-state index in [1.807, 2.05) is 30.3 Å². The van der Waals surface area contributed by atoms with Crippen LogP contribution in [0, 0.1) is 0 Å². The summed E-state index contributed by atoms with van der Waals surface area (Å²) in [6.07, 6.45) is 3.17. The molecule has 1 aliphatic rings. The van der Waals surface area contributed by atoms with Gasteiger partial charge in [-0.05, 0) is 52.4 Å². The molecule has 2 aromatic rings. The first-order valence-electron chi connectivity index (χ1n) is 6.97. The van der Waals surface area contributed by atoms with E-state index in [1.54, 1.807) is 11.3 Å². The summed E-state index contributed by atoms with van der Waals surface area (Å²) in [7, 11) is 0. The zero-order chi connectivity index (χ0) is 14.8. The van der Waals surface area contributed by atoms with Gasteiger partial charge in [0.15, 0.2) is 0 Å². The summed E-state index contributed by atoms with van der Waals surface area (Å²) in [6.45, 7) is 0. The number of thiophene rings is 1. The summed E-state index contributed by atoms with van der Waals surface area (Å²) < 4.78 is 1.12. The van der Waals surface area contributed by atoms with E-state index in [-0.39, 0.29) is 6.04 Å². The largest absolute Gasteiger partial charge is 0.480 e. The molecule has 0 spiro atoms. The first kappa shape index (κ1) is 14.8. The van der Waals surface area contributed by atoms with Crippen LogP contribution in [0.4, 0.5) is 0 Å². The van der Waals surface area contributed by atoms with Crippen LogP contribution in [-0.4, -0.2) is 11.1 Å². The lowest BCUT2D eigenvalue weighted by Gasteiger charge is -2.27. The highest BCUT2D eigenvalue weighted by Gasteiger charge is 2.28. The van der Waals surface area contributed by atoms with E-state index in [9.17, 15) is 9.90 Å². The number of aryl methyl sites for hydroxylation is 1. The minimum atomic E-state index is -0.831. The smallest absolute Gasteiger partial charge is 0.325 e. The molecule has 1 aliphatic carbocycles. The van der Waals surface area contributed by atoms with Crippen LogP contribution in [0.3, 0.4) is 0 Å². The number of benzene rings is 1. The Morgan fingerprint density at radius 3 is 2.86 bits per heavy atom. The zero-order valence-electron chi connectivity index (χ0n) is 11.4. The Bertz CT molecular complexity index is 641. The summed E-state index contributed by atoms with van der Waals surface area (Å²) >= 11 is 5.29. The highest BCUT2D eigenvalue weighted by atomic mass is 79.9. The third kappa shape index (κ3) is 3.20. The van der Waals surface area contributed by atoms with Crippen molar-refractivity contribution < 1.29 is 9.90 Å². The quantitative estimate of drug-likeness (QED) is 0.848. The molecule has 5 heteroatoms. The Hall–Kier alpha value is -1.17. The molecule has 21 heavy (non-hydrogen) atoms. The zero-order valence-corrected chi connectivity index (χ0v) is 13.8. The van der Waals surface area contributed by atoms with Crippen molar-refractivity contribution in [2.75, 3.05) is 0 Å². The number of fused-ring (bicyclic) bond motifs is 1. The second-order valence-corrected chi connectivity index (χ2v) is 7.74. The van der Waals surface area contributed by atoms with E-state index in [1.165, 1.54) is 10.4 Å². The molecule has 0 amide bonds. The van der Waals surface area contributed by atoms with Gasteiger partial charge < -0.3 is 5.11 Å². The minimum Gasteiger partial charge on any atom is -0.480 e. The van der Waals surface area contributed by atoms with E-state index in [0.29, 0.717) is 0 Å². The van der Waals surface area contributed by atoms with Crippen molar-refractivity contribution in [3.8, 4) is 0 Å². The van der Waals surface area contributed by atoms with E-state index < -0.39 is 12.0 Å². The topological polar surface area (TPSA) is 49.3 Å². The highest BCUT2D eigenvalue weighted by molar-refractivity contribution is 9.11. The molecule has 3 rings (SSSR count). The van der Waals surface area contributed by atoms with Gasteiger partial charge in [-0.15, -0.1) is 11.3 Å². The van der Waals surface area contributed by atoms with Crippen LogP contribution in [0.15, 0.2) is 40.2 Å². The fourth-order valence-electron chi connectivity index (χ4n) is 2.85. The van der Waals surface area contributed by atoms with E-state index in [0.717, 1.165) is 28.6 Å². The number of aliphatic carboxylic acids is 1. The molecule has 0 fully saturated rings. The van der Waals surface area contributed by atoms with E-state index in [2.05, 4.69) is 27.3 Å². The summed E-state index contributed by atoms with van der Waals surface area (Å²) in [5.74, 6) is -0.831. The summed E-state index contributed by atoms with van der Waals surface area (Å²) in [4.78, 5) is 13.0. The lowest BCUT2D eigenvalue weighted by atomic mass is 9.92. The fraction of sp³-hybridized carbons (Fsp3) is 0.312. The molecule has 1 aromatic heterocycles. The van der Waals surface area contributed by atoms with Gasteiger partial charge in [0, 0.05) is 10.9 Å². The number of hydrogen-bond acceptors (Lipinski definition) is 3.